The third-order valence-corrected chi connectivity index (χ3v) is 2.70. The van der Waals surface area contributed by atoms with Gasteiger partial charge in [0.2, 0.25) is 0 Å². The average molecular weight is 247 g/mol. The van der Waals surface area contributed by atoms with Gasteiger partial charge in [0.25, 0.3) is 0 Å². The van der Waals surface area contributed by atoms with Crippen LogP contribution in [0.4, 0.5) is 4.39 Å². The van der Waals surface area contributed by atoms with Gasteiger partial charge in [-0.2, -0.15) is 0 Å². The second-order valence-electron chi connectivity index (χ2n) is 3.48. The van der Waals surface area contributed by atoms with E-state index in [9.17, 15) is 19.4 Å². The van der Waals surface area contributed by atoms with Crippen LogP contribution >= 0.6 is 11.6 Å². The Hall–Kier alpha value is -0.970. The first kappa shape index (κ1) is 13.1. The largest absolute Gasteiger partial charge is 0.389 e. The monoisotopic (exact) mass is 246 g/mol. The molecule has 0 aliphatic heterocycles. The number of aldehydes is 1. The van der Waals surface area contributed by atoms with Crippen LogP contribution in [0.15, 0.2) is 12.1 Å². The number of alkyl halides is 1. The normalized spacial score (nSPS) is 14.6. The van der Waals surface area contributed by atoms with E-state index in [2.05, 4.69) is 0 Å². The molecule has 5 heteroatoms. The van der Waals surface area contributed by atoms with Gasteiger partial charge in [0.05, 0.1) is 17.5 Å². The van der Waals surface area contributed by atoms with Gasteiger partial charge >= 0.3 is 0 Å². The van der Waals surface area contributed by atoms with Crippen LogP contribution in [0.25, 0.3) is 0 Å². The van der Waals surface area contributed by atoms with Crippen LogP contribution in [0.2, 0.25) is 0 Å². The lowest BCUT2D eigenvalue weighted by Gasteiger charge is -2.19. The molecule has 1 rings (SSSR count). The Balaban J connectivity index is 3.30. The minimum Gasteiger partial charge on any atom is -0.389 e. The molecule has 1 aromatic rings. The standard InChI is InChI=1S/C11H12ClFO3/c1-6-2-3-8(13)7(5-14)10(6)11(16)9(15)4-12/h2-3,5,9,11,15-16H,4H2,1H3. The smallest absolute Gasteiger partial charge is 0.153 e. The van der Waals surface area contributed by atoms with E-state index in [1.165, 1.54) is 6.07 Å². The summed E-state index contributed by atoms with van der Waals surface area (Å²) < 4.78 is 13.3. The van der Waals surface area contributed by atoms with Gasteiger partial charge in [-0.3, -0.25) is 4.79 Å². The number of aryl methyl sites for hydroxylation is 1. The van der Waals surface area contributed by atoms with E-state index in [4.69, 9.17) is 11.6 Å². The summed E-state index contributed by atoms with van der Waals surface area (Å²) in [5, 5.41) is 19.1. The minimum atomic E-state index is -1.37. The van der Waals surface area contributed by atoms with E-state index in [-0.39, 0.29) is 17.0 Å². The lowest BCUT2D eigenvalue weighted by atomic mass is 9.94. The number of aliphatic hydroxyl groups is 2. The van der Waals surface area contributed by atoms with Crippen LogP contribution in [-0.4, -0.2) is 28.5 Å². The number of hydrogen-bond acceptors (Lipinski definition) is 3. The molecule has 2 atom stereocenters. The van der Waals surface area contributed by atoms with Crippen molar-refractivity contribution < 1.29 is 19.4 Å². The van der Waals surface area contributed by atoms with Crippen molar-refractivity contribution in [3.63, 3.8) is 0 Å². The number of benzene rings is 1. The van der Waals surface area contributed by atoms with Gasteiger partial charge in [0.1, 0.15) is 11.9 Å². The van der Waals surface area contributed by atoms with Gasteiger partial charge in [-0.1, -0.05) is 6.07 Å². The molecule has 0 aliphatic rings. The predicted octanol–water partition coefficient (Wildman–Crippen LogP) is 1.58. The average Bonchev–Trinajstić information content (AvgIpc) is 2.29. The Bertz CT molecular complexity index is 395. The number of carbonyl (C=O) groups excluding carboxylic acids is 1. The van der Waals surface area contributed by atoms with Gasteiger partial charge in [0.15, 0.2) is 6.29 Å². The number of hydrogen-bond donors (Lipinski definition) is 2. The lowest BCUT2D eigenvalue weighted by Crippen LogP contribution is -2.22. The molecule has 88 valence electrons. The summed E-state index contributed by atoms with van der Waals surface area (Å²) in [5.74, 6) is -0.925. The highest BCUT2D eigenvalue weighted by molar-refractivity contribution is 6.18. The van der Waals surface area contributed by atoms with Crippen LogP contribution in [0.1, 0.15) is 27.6 Å². The molecular weight excluding hydrogens is 235 g/mol. The molecule has 0 aliphatic carbocycles. The Morgan fingerprint density at radius 1 is 1.50 bits per heavy atom. The van der Waals surface area contributed by atoms with Crippen molar-refractivity contribution in [2.24, 2.45) is 0 Å². The first-order valence-corrected chi connectivity index (χ1v) is 5.22. The van der Waals surface area contributed by atoms with Crippen molar-refractivity contribution in [2.45, 2.75) is 19.1 Å². The van der Waals surface area contributed by atoms with Crippen molar-refractivity contribution in [3.05, 3.63) is 34.6 Å². The summed E-state index contributed by atoms with van der Waals surface area (Å²) >= 11 is 5.39. The van der Waals surface area contributed by atoms with Gasteiger partial charge < -0.3 is 10.2 Å². The van der Waals surface area contributed by atoms with Crippen LogP contribution < -0.4 is 0 Å². The zero-order valence-electron chi connectivity index (χ0n) is 8.65. The Morgan fingerprint density at radius 2 is 2.12 bits per heavy atom. The first-order valence-electron chi connectivity index (χ1n) is 4.69. The number of halogens is 2. The van der Waals surface area contributed by atoms with E-state index in [0.29, 0.717) is 11.8 Å². The quantitative estimate of drug-likeness (QED) is 0.626. The molecule has 2 N–H and O–H groups in total. The van der Waals surface area contributed by atoms with Crippen molar-refractivity contribution in [3.8, 4) is 0 Å². The fourth-order valence-corrected chi connectivity index (χ4v) is 1.68. The molecule has 0 saturated heterocycles. The second-order valence-corrected chi connectivity index (χ2v) is 3.78. The third-order valence-electron chi connectivity index (χ3n) is 2.39. The molecular formula is C11H12ClFO3. The summed E-state index contributed by atoms with van der Waals surface area (Å²) in [6, 6.07) is 2.57. The highest BCUT2D eigenvalue weighted by Gasteiger charge is 2.23. The number of aliphatic hydroxyl groups excluding tert-OH is 2. The molecule has 0 aromatic heterocycles. The SMILES string of the molecule is Cc1ccc(F)c(C=O)c1C(O)C(O)CCl. The van der Waals surface area contributed by atoms with Gasteiger partial charge in [-0.25, -0.2) is 4.39 Å². The maximum absolute atomic E-state index is 13.3. The molecule has 16 heavy (non-hydrogen) atoms. The summed E-state index contributed by atoms with van der Waals surface area (Å²) in [5.41, 5.74) is 0.375. The number of rotatable bonds is 4. The van der Waals surface area contributed by atoms with Crippen molar-refractivity contribution >= 4 is 17.9 Å². The van der Waals surface area contributed by atoms with Crippen molar-refractivity contribution in [1.29, 1.82) is 0 Å². The van der Waals surface area contributed by atoms with E-state index in [1.807, 2.05) is 0 Å². The Kier molecular flexibility index (Phi) is 4.41. The Morgan fingerprint density at radius 3 is 2.62 bits per heavy atom. The van der Waals surface area contributed by atoms with Gasteiger partial charge in [0, 0.05) is 0 Å². The first-order chi connectivity index (χ1) is 7.52. The molecule has 3 nitrogen and oxygen atoms in total. The molecule has 2 unspecified atom stereocenters. The fourth-order valence-electron chi connectivity index (χ4n) is 1.51. The van der Waals surface area contributed by atoms with Crippen molar-refractivity contribution in [1.82, 2.24) is 0 Å². The molecule has 0 heterocycles. The highest BCUT2D eigenvalue weighted by atomic mass is 35.5. The molecule has 0 bridgehead atoms. The summed E-state index contributed by atoms with van der Waals surface area (Å²) in [4.78, 5) is 10.8. The second kappa shape index (κ2) is 5.39. The maximum atomic E-state index is 13.3. The minimum absolute atomic E-state index is 0.0863. The third kappa shape index (κ3) is 2.40. The van der Waals surface area contributed by atoms with Crippen LogP contribution in [0, 0.1) is 12.7 Å². The zero-order chi connectivity index (χ0) is 12.3. The fraction of sp³-hybridized carbons (Fsp3) is 0.364. The van der Waals surface area contributed by atoms with E-state index < -0.39 is 18.0 Å². The summed E-state index contributed by atoms with van der Waals surface area (Å²) in [6.45, 7) is 1.62. The molecule has 0 spiro atoms. The number of carbonyl (C=O) groups is 1. The Labute approximate surface area is 97.5 Å². The van der Waals surface area contributed by atoms with E-state index >= 15 is 0 Å². The molecule has 0 fully saturated rings. The van der Waals surface area contributed by atoms with Crippen LogP contribution in [0.3, 0.4) is 0 Å². The molecule has 0 amide bonds. The predicted molar refractivity (Wildman–Crippen MR) is 58.2 cm³/mol. The molecule has 1 aromatic carbocycles. The maximum Gasteiger partial charge on any atom is 0.153 e. The van der Waals surface area contributed by atoms with Crippen LogP contribution in [-0.2, 0) is 0 Å². The molecule has 0 radical (unpaired) electrons. The van der Waals surface area contributed by atoms with Gasteiger partial charge in [-0.05, 0) is 24.1 Å². The lowest BCUT2D eigenvalue weighted by molar-refractivity contribution is 0.0317. The zero-order valence-corrected chi connectivity index (χ0v) is 9.41. The summed E-state index contributed by atoms with van der Waals surface area (Å²) in [6.07, 6.45) is -2.28. The van der Waals surface area contributed by atoms with Crippen LogP contribution in [0.5, 0.6) is 0 Å². The van der Waals surface area contributed by atoms with Crippen molar-refractivity contribution in [2.75, 3.05) is 5.88 Å². The van der Waals surface area contributed by atoms with E-state index in [0.717, 1.165) is 6.07 Å². The summed E-state index contributed by atoms with van der Waals surface area (Å²) in [7, 11) is 0. The highest BCUT2D eigenvalue weighted by Crippen LogP contribution is 2.26. The molecule has 0 saturated carbocycles. The topological polar surface area (TPSA) is 57.5 Å². The van der Waals surface area contributed by atoms with E-state index in [1.54, 1.807) is 6.92 Å². The van der Waals surface area contributed by atoms with Gasteiger partial charge in [-0.15, -0.1) is 11.6 Å².